The Hall–Kier alpha value is -1.31. The van der Waals surface area contributed by atoms with Gasteiger partial charge in [0, 0.05) is 37.1 Å². The molecule has 2 aromatic heterocycles. The van der Waals surface area contributed by atoms with Gasteiger partial charge >= 0.3 is 5.97 Å². The summed E-state index contributed by atoms with van der Waals surface area (Å²) in [6.45, 7) is 1.26. The Kier molecular flexibility index (Phi) is 4.05. The zero-order valence-electron chi connectivity index (χ0n) is 11.5. The van der Waals surface area contributed by atoms with Gasteiger partial charge in [-0.1, -0.05) is 6.07 Å². The lowest BCUT2D eigenvalue weighted by molar-refractivity contribution is -0.153. The van der Waals surface area contributed by atoms with Crippen molar-refractivity contribution in [2.45, 2.75) is 18.6 Å². The van der Waals surface area contributed by atoms with Crippen LogP contribution in [0.5, 0.6) is 0 Å². The third kappa shape index (κ3) is 3.00. The normalized spacial score (nSPS) is 22.6. The Balaban J connectivity index is 1.65. The van der Waals surface area contributed by atoms with Crippen LogP contribution in [0.4, 0.5) is 4.39 Å². The summed E-state index contributed by atoms with van der Waals surface area (Å²) < 4.78 is 18.9. The molecular formula is C14H15FN2O2S2. The number of nitrogens with zero attached hydrogens (tertiary/aromatic N) is 2. The Morgan fingerprint density at radius 1 is 1.62 bits per heavy atom. The van der Waals surface area contributed by atoms with Crippen LogP contribution in [0, 0.1) is 0 Å². The van der Waals surface area contributed by atoms with Crippen molar-refractivity contribution in [3.8, 4) is 9.88 Å². The smallest absolute Gasteiger partial charge is 0.345 e. The molecule has 0 aliphatic carbocycles. The largest absolute Gasteiger partial charge is 0.467 e. The summed E-state index contributed by atoms with van der Waals surface area (Å²) >= 11 is 3.26. The van der Waals surface area contributed by atoms with Crippen LogP contribution in [-0.2, 0) is 16.1 Å². The fraction of sp³-hybridized carbons (Fsp3) is 0.429. The highest BCUT2D eigenvalue weighted by Gasteiger charge is 2.46. The number of aromatic nitrogens is 1. The maximum Gasteiger partial charge on any atom is 0.345 e. The number of esters is 1. The zero-order chi connectivity index (χ0) is 14.9. The molecule has 0 aromatic carbocycles. The highest BCUT2D eigenvalue weighted by atomic mass is 32.1. The van der Waals surface area contributed by atoms with Crippen molar-refractivity contribution >= 4 is 28.6 Å². The number of rotatable bonds is 4. The number of thiophene rings is 1. The number of hydrogen-bond acceptors (Lipinski definition) is 6. The Bertz CT molecular complexity index is 629. The molecule has 0 bridgehead atoms. The van der Waals surface area contributed by atoms with E-state index >= 15 is 0 Å². The summed E-state index contributed by atoms with van der Waals surface area (Å²) in [6, 6.07) is 4.03. The van der Waals surface area contributed by atoms with E-state index in [0.29, 0.717) is 13.1 Å². The second kappa shape index (κ2) is 5.82. The van der Waals surface area contributed by atoms with E-state index in [4.69, 9.17) is 0 Å². The monoisotopic (exact) mass is 326 g/mol. The molecule has 112 valence electrons. The Morgan fingerprint density at radius 3 is 3.19 bits per heavy atom. The van der Waals surface area contributed by atoms with Crippen LogP contribution in [0.1, 0.15) is 11.3 Å². The quantitative estimate of drug-likeness (QED) is 0.810. The van der Waals surface area contributed by atoms with Gasteiger partial charge in [-0.2, -0.15) is 0 Å². The van der Waals surface area contributed by atoms with Gasteiger partial charge in [0.2, 0.25) is 5.67 Å². The fourth-order valence-electron chi connectivity index (χ4n) is 2.45. The molecule has 21 heavy (non-hydrogen) atoms. The van der Waals surface area contributed by atoms with Crippen molar-refractivity contribution < 1.29 is 13.9 Å². The van der Waals surface area contributed by atoms with Crippen molar-refractivity contribution in [2.24, 2.45) is 0 Å². The van der Waals surface area contributed by atoms with E-state index in [2.05, 4.69) is 9.72 Å². The summed E-state index contributed by atoms with van der Waals surface area (Å²) in [5, 5.41) is 3.00. The maximum absolute atomic E-state index is 14.4. The van der Waals surface area contributed by atoms with Gasteiger partial charge in [-0.25, -0.2) is 14.2 Å². The first-order valence-electron chi connectivity index (χ1n) is 6.59. The van der Waals surface area contributed by atoms with Gasteiger partial charge in [0.25, 0.3) is 0 Å². The molecule has 1 fully saturated rings. The number of alkyl halides is 1. The van der Waals surface area contributed by atoms with Gasteiger partial charge in [0.05, 0.1) is 12.0 Å². The summed E-state index contributed by atoms with van der Waals surface area (Å²) in [4.78, 5) is 20.0. The van der Waals surface area contributed by atoms with Crippen LogP contribution < -0.4 is 0 Å². The average Bonchev–Trinajstić information content (AvgIpc) is 3.19. The number of halogens is 1. The lowest BCUT2D eigenvalue weighted by atomic mass is 10.1. The van der Waals surface area contributed by atoms with E-state index in [-0.39, 0.29) is 13.0 Å². The van der Waals surface area contributed by atoms with Gasteiger partial charge in [-0.3, -0.25) is 4.90 Å². The van der Waals surface area contributed by atoms with Crippen molar-refractivity contribution in [3.63, 3.8) is 0 Å². The predicted molar refractivity (Wildman–Crippen MR) is 81.2 cm³/mol. The minimum Gasteiger partial charge on any atom is -0.467 e. The number of hydrogen-bond donors (Lipinski definition) is 0. The maximum atomic E-state index is 14.4. The minimum absolute atomic E-state index is 0.0892. The molecule has 2 aromatic rings. The third-order valence-corrected chi connectivity index (χ3v) is 5.54. The molecule has 3 rings (SSSR count). The molecule has 1 aliphatic heterocycles. The Labute approximate surface area is 130 Å². The van der Waals surface area contributed by atoms with Crippen LogP contribution in [-0.4, -0.2) is 41.7 Å². The molecule has 0 N–H and O–H groups in total. The number of carbonyl (C=O) groups excluding carboxylic acids is 1. The van der Waals surface area contributed by atoms with Gasteiger partial charge in [-0.15, -0.1) is 22.7 Å². The van der Waals surface area contributed by atoms with Gasteiger partial charge in [0.1, 0.15) is 5.01 Å². The lowest BCUT2D eigenvalue weighted by Crippen LogP contribution is -2.37. The third-order valence-electron chi connectivity index (χ3n) is 3.51. The zero-order valence-corrected chi connectivity index (χ0v) is 13.2. The molecule has 1 saturated heterocycles. The molecule has 0 amide bonds. The fourth-order valence-corrected chi connectivity index (χ4v) is 4.21. The van der Waals surface area contributed by atoms with Crippen molar-refractivity contribution in [1.29, 1.82) is 0 Å². The number of ether oxygens (including phenoxy) is 1. The van der Waals surface area contributed by atoms with Gasteiger partial charge in [-0.05, 0) is 11.4 Å². The van der Waals surface area contributed by atoms with E-state index in [1.54, 1.807) is 22.7 Å². The van der Waals surface area contributed by atoms with E-state index < -0.39 is 11.6 Å². The highest BCUT2D eigenvalue weighted by molar-refractivity contribution is 7.20. The van der Waals surface area contributed by atoms with E-state index in [0.717, 1.165) is 14.8 Å². The van der Waals surface area contributed by atoms with Crippen molar-refractivity contribution in [1.82, 2.24) is 9.88 Å². The second-order valence-corrected chi connectivity index (χ2v) is 7.09. The van der Waals surface area contributed by atoms with Gasteiger partial charge in [0.15, 0.2) is 0 Å². The molecule has 7 heteroatoms. The molecule has 4 nitrogen and oxygen atoms in total. The number of thiazole rings is 1. The second-order valence-electron chi connectivity index (χ2n) is 5.03. The molecule has 1 atom stereocenters. The van der Waals surface area contributed by atoms with E-state index in [1.807, 2.05) is 28.6 Å². The number of likely N-dealkylation sites (tertiary alicyclic amines) is 1. The van der Waals surface area contributed by atoms with Crippen molar-refractivity contribution in [2.75, 3.05) is 20.2 Å². The number of carbonyl (C=O) groups is 1. The van der Waals surface area contributed by atoms with Crippen LogP contribution in [0.2, 0.25) is 0 Å². The summed E-state index contributed by atoms with van der Waals surface area (Å²) in [5.74, 6) is -0.770. The van der Waals surface area contributed by atoms with Crippen LogP contribution in [0.3, 0.4) is 0 Å². The summed E-state index contributed by atoms with van der Waals surface area (Å²) in [5.41, 5.74) is -1.87. The molecule has 0 saturated carbocycles. The lowest BCUT2D eigenvalue weighted by Gasteiger charge is -2.17. The van der Waals surface area contributed by atoms with Gasteiger partial charge < -0.3 is 4.74 Å². The first-order chi connectivity index (χ1) is 10.1. The molecule has 3 heterocycles. The summed E-state index contributed by atoms with van der Waals surface area (Å²) in [6.07, 6.45) is 2.02. The average molecular weight is 326 g/mol. The molecular weight excluding hydrogens is 311 g/mol. The molecule has 0 radical (unpaired) electrons. The Morgan fingerprint density at radius 2 is 2.48 bits per heavy atom. The van der Waals surface area contributed by atoms with Crippen molar-refractivity contribution in [3.05, 3.63) is 28.6 Å². The predicted octanol–water partition coefficient (Wildman–Crippen LogP) is 2.96. The molecule has 1 aliphatic rings. The number of methoxy groups -OCH3 is 1. The van der Waals surface area contributed by atoms with E-state index in [1.165, 1.54) is 7.11 Å². The molecule has 0 spiro atoms. The standard InChI is InChI=1S/C14H15FN2O2S2/c1-19-13(18)14(15)4-5-17(9-14)8-10-7-16-12(21-10)11-3-2-6-20-11/h2-3,6-7H,4-5,8-9H2,1H3/t14-/m1/s1. The first kappa shape index (κ1) is 14.6. The van der Waals surface area contributed by atoms with Crippen LogP contribution >= 0.6 is 22.7 Å². The van der Waals surface area contributed by atoms with E-state index in [9.17, 15) is 9.18 Å². The molecule has 0 unspecified atom stereocenters. The SMILES string of the molecule is COC(=O)[C@@]1(F)CCN(Cc2cnc(-c3cccs3)s2)C1. The van der Waals surface area contributed by atoms with Crippen LogP contribution in [0.15, 0.2) is 23.7 Å². The minimum atomic E-state index is -1.87. The summed E-state index contributed by atoms with van der Waals surface area (Å²) in [7, 11) is 1.23. The first-order valence-corrected chi connectivity index (χ1v) is 8.28. The highest BCUT2D eigenvalue weighted by Crippen LogP contribution is 2.32. The topological polar surface area (TPSA) is 42.4 Å². The van der Waals surface area contributed by atoms with Crippen LogP contribution in [0.25, 0.3) is 9.88 Å².